The van der Waals surface area contributed by atoms with Crippen LogP contribution < -0.4 is 0 Å². The summed E-state index contributed by atoms with van der Waals surface area (Å²) in [5.41, 5.74) is 42.0. The van der Waals surface area contributed by atoms with Gasteiger partial charge in [0.1, 0.15) is 0 Å². The molecule has 0 amide bonds. The molecule has 0 radical (unpaired) electrons. The van der Waals surface area contributed by atoms with Gasteiger partial charge in [-0.25, -0.2) is 0 Å². The number of hydrogen-bond donors (Lipinski definition) is 0. The molecule has 0 unspecified atom stereocenters. The lowest BCUT2D eigenvalue weighted by Gasteiger charge is -2.26. The fourth-order valence-electron chi connectivity index (χ4n) is 20.7. The topological polar surface area (TPSA) is 9.86 Å². The van der Waals surface area contributed by atoms with Crippen molar-refractivity contribution in [3.8, 4) is 112 Å². The first-order valence-corrected chi connectivity index (χ1v) is 39.1. The Hall–Kier alpha value is -12.4. The molecule has 0 N–H and O–H groups in total. The summed E-state index contributed by atoms with van der Waals surface area (Å²) < 4.78 is 5.06. The Morgan fingerprint density at radius 1 is 0.220 bits per heavy atom. The van der Waals surface area contributed by atoms with E-state index in [-0.39, 0.29) is 21.7 Å². The zero-order valence-electron chi connectivity index (χ0n) is 63.4. The Balaban J connectivity index is 0.637. The average Bonchev–Trinajstić information content (AvgIpc) is 1.54. The van der Waals surface area contributed by atoms with Gasteiger partial charge in [-0.2, -0.15) is 0 Å². The molecule has 109 heavy (non-hydrogen) atoms. The lowest BCUT2D eigenvalue weighted by Crippen LogP contribution is -2.18. The zero-order valence-corrected chi connectivity index (χ0v) is 63.4. The first-order chi connectivity index (χ1) is 52.8. The summed E-state index contributed by atoms with van der Waals surface area (Å²) in [4.78, 5) is 0. The smallest absolute Gasteiger partial charge is 0.0547 e. The highest BCUT2D eigenvalue weighted by atomic mass is 15.0. The Kier molecular flexibility index (Phi) is 13.3. The number of hydrogen-bond acceptors (Lipinski definition) is 0. The molecular weight excluding hydrogens is 1310 g/mol. The summed E-state index contributed by atoms with van der Waals surface area (Å²) >= 11 is 0. The maximum Gasteiger partial charge on any atom is 0.0547 e. The third-order valence-electron chi connectivity index (χ3n) is 26.4. The van der Waals surface area contributed by atoms with Crippen molar-refractivity contribution in [2.24, 2.45) is 0 Å². The van der Waals surface area contributed by atoms with Crippen molar-refractivity contribution in [1.29, 1.82) is 0 Å². The van der Waals surface area contributed by atoms with Crippen LogP contribution in [-0.4, -0.2) is 9.13 Å². The van der Waals surface area contributed by atoms with Crippen LogP contribution in [0.3, 0.4) is 0 Å². The fraction of sp³-hybridized carbons (Fsp3) is 0.140. The first-order valence-electron chi connectivity index (χ1n) is 39.1. The molecule has 0 bridgehead atoms. The van der Waals surface area contributed by atoms with Gasteiger partial charge in [-0.15, -0.1) is 0 Å². The van der Waals surface area contributed by atoms with Gasteiger partial charge >= 0.3 is 0 Å². The maximum absolute atomic E-state index is 2.55. The molecule has 0 spiro atoms. The summed E-state index contributed by atoms with van der Waals surface area (Å²) in [5, 5.41) is 9.99. The third kappa shape index (κ3) is 9.10. The van der Waals surface area contributed by atoms with E-state index in [9.17, 15) is 0 Å². The average molecular weight is 1400 g/mol. The standard InChI is InChI=1S/C107H82N2/c1-62(2)74-52-75(69-36-35-67-50-66(33-34-68(67)51-69)65-32-31-63-21-11-12-22-64(63)49-65)54-76(53-74)71-37-41-80-87-46-48-92-101(103(87)107(9,10)93(80)58-71)89-44-40-70(57-95(89)105(92,5)6)73-39-43-85-84-25-16-20-30-98(84)109(99(85)60-73)79-56-77(55-78(61-79)108-96-28-18-14-23-82(96)83-24-15-19-29-97(83)108)72-38-42-81-86-45-47-91-100(102(86)106(7,8)94(81)59-72)88-26-13-17-27-90(88)104(91,3)4/h11-62H,1-10H3. The highest BCUT2D eigenvalue weighted by molar-refractivity contribution is 6.12. The number of benzene rings is 16. The fourth-order valence-corrected chi connectivity index (χ4v) is 20.7. The Labute approximate surface area is 637 Å². The van der Waals surface area contributed by atoms with Gasteiger partial charge < -0.3 is 9.13 Å². The van der Waals surface area contributed by atoms with Crippen LogP contribution in [0.25, 0.3) is 177 Å². The number of aromatic nitrogens is 2. The van der Waals surface area contributed by atoms with Crippen molar-refractivity contribution >= 4 is 65.2 Å². The van der Waals surface area contributed by atoms with Gasteiger partial charge in [0.15, 0.2) is 0 Å². The van der Waals surface area contributed by atoms with Crippen LogP contribution in [0.2, 0.25) is 0 Å². The largest absolute Gasteiger partial charge is 0.309 e. The van der Waals surface area contributed by atoms with Gasteiger partial charge in [0, 0.05) is 54.6 Å². The molecular formula is C107H82N2. The normalized spacial score (nSPS) is 14.9. The maximum atomic E-state index is 2.55. The van der Waals surface area contributed by atoms with E-state index in [1.54, 1.807) is 0 Å². The van der Waals surface area contributed by atoms with E-state index in [4.69, 9.17) is 0 Å². The molecule has 0 atom stereocenters. The van der Waals surface area contributed by atoms with Crippen LogP contribution in [0.1, 0.15) is 125 Å². The summed E-state index contributed by atoms with van der Waals surface area (Å²) in [6, 6.07) is 119. The highest BCUT2D eigenvalue weighted by Crippen LogP contribution is 2.62. The Bertz CT molecular complexity index is 7010. The van der Waals surface area contributed by atoms with Crippen LogP contribution in [0.4, 0.5) is 0 Å². The van der Waals surface area contributed by atoms with E-state index in [1.807, 2.05) is 0 Å². The predicted octanol–water partition coefficient (Wildman–Crippen LogP) is 28.9. The molecule has 4 aliphatic carbocycles. The van der Waals surface area contributed by atoms with Crippen molar-refractivity contribution in [2.75, 3.05) is 0 Å². The van der Waals surface area contributed by atoms with Crippen molar-refractivity contribution in [2.45, 2.75) is 96.8 Å². The lowest BCUT2D eigenvalue weighted by molar-refractivity contribution is 0.647. The van der Waals surface area contributed by atoms with Crippen LogP contribution in [-0.2, 0) is 21.7 Å². The summed E-state index contributed by atoms with van der Waals surface area (Å²) in [6.45, 7) is 24.2. The number of para-hydroxylation sites is 3. The van der Waals surface area contributed by atoms with Gasteiger partial charge in [0.25, 0.3) is 0 Å². The second-order valence-electron chi connectivity index (χ2n) is 34.2. The molecule has 2 heterocycles. The molecule has 0 saturated carbocycles. The summed E-state index contributed by atoms with van der Waals surface area (Å²) in [5.74, 6) is 0.361. The summed E-state index contributed by atoms with van der Waals surface area (Å²) in [6.07, 6.45) is 0. The van der Waals surface area contributed by atoms with Crippen molar-refractivity contribution in [1.82, 2.24) is 9.13 Å². The second-order valence-corrected chi connectivity index (χ2v) is 34.2. The van der Waals surface area contributed by atoms with Crippen molar-refractivity contribution in [3.63, 3.8) is 0 Å². The second kappa shape index (κ2) is 22.6. The van der Waals surface area contributed by atoms with Crippen LogP contribution in [0.15, 0.2) is 309 Å². The van der Waals surface area contributed by atoms with E-state index in [0.717, 1.165) is 11.4 Å². The van der Waals surface area contributed by atoms with E-state index in [2.05, 4.69) is 388 Å². The van der Waals surface area contributed by atoms with Crippen LogP contribution in [0.5, 0.6) is 0 Å². The first kappa shape index (κ1) is 63.9. The minimum atomic E-state index is -0.268. The molecule has 2 heteroatoms. The minimum absolute atomic E-state index is 0.0814. The van der Waals surface area contributed by atoms with Gasteiger partial charge in [0.2, 0.25) is 0 Å². The number of nitrogens with zero attached hydrogens (tertiary/aromatic N) is 2. The monoisotopic (exact) mass is 1390 g/mol. The van der Waals surface area contributed by atoms with E-state index in [0.29, 0.717) is 5.92 Å². The van der Waals surface area contributed by atoms with E-state index in [1.165, 1.54) is 215 Å². The molecule has 0 fully saturated rings. The molecule has 2 aromatic heterocycles. The molecule has 4 aliphatic rings. The number of fused-ring (bicyclic) bond motifs is 22. The Morgan fingerprint density at radius 3 is 1.12 bits per heavy atom. The predicted molar refractivity (Wildman–Crippen MR) is 462 cm³/mol. The molecule has 18 aromatic rings. The lowest BCUT2D eigenvalue weighted by atomic mass is 9.76. The van der Waals surface area contributed by atoms with Crippen molar-refractivity contribution < 1.29 is 0 Å². The molecule has 2 nitrogen and oxygen atoms in total. The Morgan fingerprint density at radius 2 is 0.578 bits per heavy atom. The minimum Gasteiger partial charge on any atom is -0.309 e. The zero-order chi connectivity index (χ0) is 73.5. The van der Waals surface area contributed by atoms with Crippen molar-refractivity contribution in [3.05, 3.63) is 359 Å². The van der Waals surface area contributed by atoms with Gasteiger partial charge in [-0.1, -0.05) is 294 Å². The third-order valence-corrected chi connectivity index (χ3v) is 26.4. The SMILES string of the molecule is CC(C)c1cc(-c2ccc3c(c2)C(C)(C)c2c-3ccc3c2-c2ccc(-c4ccc5c6ccccc6n(-c6cc(-c7ccc8c(c7)C(C)(C)c7c-8ccc8c7-c7ccccc7C8(C)C)cc(-n7c8ccccc8c8ccccc87)c6)c5c4)cc2C3(C)C)cc(-c2ccc3cc(-c4ccc5ccccc5c4)ccc3c2)c1. The quantitative estimate of drug-likeness (QED) is 0.143. The van der Waals surface area contributed by atoms with Gasteiger partial charge in [-0.3, -0.25) is 0 Å². The van der Waals surface area contributed by atoms with Gasteiger partial charge in [0.05, 0.1) is 22.1 Å². The molecule has 520 valence electrons. The van der Waals surface area contributed by atoms with E-state index >= 15 is 0 Å². The number of rotatable bonds is 8. The molecule has 16 aromatic carbocycles. The summed E-state index contributed by atoms with van der Waals surface area (Å²) in [7, 11) is 0. The molecule has 0 aliphatic heterocycles. The molecule has 22 rings (SSSR count). The van der Waals surface area contributed by atoms with E-state index < -0.39 is 0 Å². The molecule has 0 saturated heterocycles. The highest BCUT2D eigenvalue weighted by Gasteiger charge is 2.47. The van der Waals surface area contributed by atoms with Gasteiger partial charge in [-0.05, 0) is 263 Å². The van der Waals surface area contributed by atoms with Crippen LogP contribution >= 0.6 is 0 Å². The van der Waals surface area contributed by atoms with Crippen LogP contribution in [0, 0.1) is 0 Å².